The molecule has 0 aliphatic carbocycles. The second kappa shape index (κ2) is 5.09. The molecule has 0 aromatic heterocycles. The van der Waals surface area contributed by atoms with Gasteiger partial charge in [-0.05, 0) is 5.92 Å². The molecule has 0 bridgehead atoms. The third-order valence-electron chi connectivity index (χ3n) is 1.30. The van der Waals surface area contributed by atoms with Gasteiger partial charge in [0, 0.05) is 0 Å². The lowest BCUT2D eigenvalue weighted by Gasteiger charge is -2.07. The van der Waals surface area contributed by atoms with Crippen molar-refractivity contribution in [1.29, 1.82) is 0 Å². The molecule has 0 saturated heterocycles. The van der Waals surface area contributed by atoms with E-state index >= 15 is 0 Å². The van der Waals surface area contributed by atoms with Crippen molar-refractivity contribution in [1.82, 2.24) is 0 Å². The summed E-state index contributed by atoms with van der Waals surface area (Å²) in [5.74, 6) is 0.388. The molecule has 0 spiro atoms. The van der Waals surface area contributed by atoms with Crippen molar-refractivity contribution in [2.24, 2.45) is 5.92 Å². The normalized spacial score (nSPS) is 12.3. The largest absolute Gasteiger partial charge is 0.508 e. The average molecular weight is 145 g/mol. The first-order valence-electron chi connectivity index (χ1n) is 3.29. The first-order chi connectivity index (χ1) is 4.70. The summed E-state index contributed by atoms with van der Waals surface area (Å²) in [5, 5.41) is 0. The van der Waals surface area contributed by atoms with E-state index in [1.807, 2.05) is 13.8 Å². The third kappa shape index (κ3) is 4.18. The van der Waals surface area contributed by atoms with Crippen LogP contribution in [0.2, 0.25) is 0 Å². The molecule has 0 aliphatic heterocycles. The zero-order valence-corrected chi connectivity index (χ0v) is 6.42. The Balaban J connectivity index is 3.26. The molecule has 0 aromatic rings. The van der Waals surface area contributed by atoms with Crippen LogP contribution in [0.5, 0.6) is 0 Å². The van der Waals surface area contributed by atoms with Crippen molar-refractivity contribution in [2.75, 3.05) is 6.61 Å². The Hall–Kier alpha value is -0.730. The Kier molecular flexibility index (Phi) is 4.72. The highest BCUT2D eigenvalue weighted by atomic mass is 16.7. The molecule has 1 radical (unpaired) electrons. The predicted molar refractivity (Wildman–Crippen MR) is 37.2 cm³/mol. The van der Waals surface area contributed by atoms with Crippen LogP contribution in [0.15, 0.2) is 0 Å². The second-order valence-corrected chi connectivity index (χ2v) is 2.22. The molecule has 1 atom stereocenters. The highest BCUT2D eigenvalue weighted by molar-refractivity contribution is 5.59. The van der Waals surface area contributed by atoms with Crippen LogP contribution in [0, 0.1) is 13.0 Å². The SMILES string of the molecule is [CH2]OC(=O)OCC(C)CC. The smallest absolute Gasteiger partial charge is 0.434 e. The number of rotatable bonds is 3. The van der Waals surface area contributed by atoms with Crippen molar-refractivity contribution in [3.8, 4) is 0 Å². The molecule has 0 rings (SSSR count). The molecule has 59 valence electrons. The molecule has 0 amide bonds. The Morgan fingerprint density at radius 2 is 2.30 bits per heavy atom. The third-order valence-corrected chi connectivity index (χ3v) is 1.30. The number of hydrogen-bond acceptors (Lipinski definition) is 3. The van der Waals surface area contributed by atoms with Crippen molar-refractivity contribution in [2.45, 2.75) is 20.3 Å². The maximum atomic E-state index is 10.3. The van der Waals surface area contributed by atoms with Crippen LogP contribution in [-0.4, -0.2) is 12.8 Å². The fourth-order valence-corrected chi connectivity index (χ4v) is 0.370. The zero-order valence-electron chi connectivity index (χ0n) is 6.42. The first kappa shape index (κ1) is 9.27. The average Bonchev–Trinajstić information content (AvgIpc) is 1.99. The lowest BCUT2D eigenvalue weighted by molar-refractivity contribution is 0.0709. The predicted octanol–water partition coefficient (Wildman–Crippen LogP) is 1.98. The number of carbonyl (C=O) groups is 1. The van der Waals surface area contributed by atoms with Gasteiger partial charge in [-0.3, -0.25) is 0 Å². The van der Waals surface area contributed by atoms with Gasteiger partial charge in [0.25, 0.3) is 0 Å². The van der Waals surface area contributed by atoms with Gasteiger partial charge in [0.05, 0.1) is 6.61 Å². The number of hydrogen-bond donors (Lipinski definition) is 0. The Bertz CT molecular complexity index is 101. The van der Waals surface area contributed by atoms with E-state index < -0.39 is 6.16 Å². The van der Waals surface area contributed by atoms with Crippen LogP contribution in [0.4, 0.5) is 4.79 Å². The topological polar surface area (TPSA) is 35.5 Å². The van der Waals surface area contributed by atoms with E-state index in [9.17, 15) is 4.79 Å². The van der Waals surface area contributed by atoms with Crippen molar-refractivity contribution in [3.05, 3.63) is 7.11 Å². The van der Waals surface area contributed by atoms with Crippen LogP contribution < -0.4 is 0 Å². The van der Waals surface area contributed by atoms with E-state index in [0.717, 1.165) is 6.42 Å². The summed E-state index contributed by atoms with van der Waals surface area (Å²) in [7, 11) is 2.91. The van der Waals surface area contributed by atoms with Crippen molar-refractivity contribution < 1.29 is 14.3 Å². The van der Waals surface area contributed by atoms with Gasteiger partial charge in [-0.1, -0.05) is 20.3 Å². The number of carbonyl (C=O) groups excluding carboxylic acids is 1. The quantitative estimate of drug-likeness (QED) is 0.569. The molecular formula is C7H13O3. The van der Waals surface area contributed by atoms with E-state index in [2.05, 4.69) is 16.6 Å². The van der Waals surface area contributed by atoms with E-state index in [1.54, 1.807) is 0 Å². The van der Waals surface area contributed by atoms with Gasteiger partial charge in [0.2, 0.25) is 0 Å². The van der Waals surface area contributed by atoms with E-state index in [-0.39, 0.29) is 0 Å². The van der Waals surface area contributed by atoms with Gasteiger partial charge in [0.1, 0.15) is 7.11 Å². The van der Waals surface area contributed by atoms with E-state index in [0.29, 0.717) is 12.5 Å². The first-order valence-corrected chi connectivity index (χ1v) is 3.29. The molecule has 0 N–H and O–H groups in total. The minimum atomic E-state index is -0.708. The van der Waals surface area contributed by atoms with Gasteiger partial charge in [-0.25, -0.2) is 4.79 Å². The maximum absolute atomic E-state index is 10.3. The summed E-state index contributed by atoms with van der Waals surface area (Å²) in [6.45, 7) is 4.44. The van der Waals surface area contributed by atoms with Crippen LogP contribution >= 0.6 is 0 Å². The molecule has 0 aliphatic rings. The minimum Gasteiger partial charge on any atom is -0.434 e. The van der Waals surface area contributed by atoms with Gasteiger partial charge in [0.15, 0.2) is 0 Å². The molecule has 1 unspecified atom stereocenters. The van der Waals surface area contributed by atoms with Crippen LogP contribution in [0.1, 0.15) is 20.3 Å². The second-order valence-electron chi connectivity index (χ2n) is 2.22. The lowest BCUT2D eigenvalue weighted by atomic mass is 10.1. The fourth-order valence-electron chi connectivity index (χ4n) is 0.370. The molecule has 3 heteroatoms. The molecule has 0 aromatic carbocycles. The zero-order chi connectivity index (χ0) is 7.98. The summed E-state index contributed by atoms with van der Waals surface area (Å²) in [6.07, 6.45) is 0.282. The maximum Gasteiger partial charge on any atom is 0.508 e. The highest BCUT2D eigenvalue weighted by Gasteiger charge is 2.03. The fraction of sp³-hybridized carbons (Fsp3) is 0.714. The van der Waals surface area contributed by atoms with E-state index in [4.69, 9.17) is 0 Å². The number of ether oxygens (including phenoxy) is 2. The summed E-state index contributed by atoms with van der Waals surface area (Å²) < 4.78 is 8.65. The molecule has 10 heavy (non-hydrogen) atoms. The molecule has 0 heterocycles. The van der Waals surface area contributed by atoms with Gasteiger partial charge < -0.3 is 9.47 Å². The Labute approximate surface area is 61.3 Å². The van der Waals surface area contributed by atoms with Gasteiger partial charge in [-0.15, -0.1) is 0 Å². The summed E-state index contributed by atoms with van der Waals surface area (Å²) in [4.78, 5) is 10.3. The van der Waals surface area contributed by atoms with Crippen LogP contribution in [0.25, 0.3) is 0 Å². The van der Waals surface area contributed by atoms with E-state index in [1.165, 1.54) is 0 Å². The van der Waals surface area contributed by atoms with Gasteiger partial charge in [-0.2, -0.15) is 0 Å². The van der Waals surface area contributed by atoms with Crippen LogP contribution in [0.3, 0.4) is 0 Å². The monoisotopic (exact) mass is 145 g/mol. The lowest BCUT2D eigenvalue weighted by Crippen LogP contribution is -2.10. The van der Waals surface area contributed by atoms with Crippen LogP contribution in [-0.2, 0) is 9.47 Å². The summed E-state index contributed by atoms with van der Waals surface area (Å²) in [5.41, 5.74) is 0. The molecule has 0 fully saturated rings. The van der Waals surface area contributed by atoms with Crippen molar-refractivity contribution in [3.63, 3.8) is 0 Å². The molecule has 3 nitrogen and oxygen atoms in total. The summed E-state index contributed by atoms with van der Waals surface area (Å²) in [6, 6.07) is 0. The summed E-state index contributed by atoms with van der Waals surface area (Å²) >= 11 is 0. The van der Waals surface area contributed by atoms with Crippen molar-refractivity contribution >= 4 is 6.16 Å². The molecule has 0 saturated carbocycles. The standard InChI is InChI=1S/C7H13O3/c1-4-6(2)5-10-7(8)9-3/h6H,3-5H2,1-2H3. The molecular weight excluding hydrogens is 132 g/mol. The van der Waals surface area contributed by atoms with Gasteiger partial charge >= 0.3 is 6.16 Å². The Morgan fingerprint density at radius 3 is 2.70 bits per heavy atom. The highest BCUT2D eigenvalue weighted by Crippen LogP contribution is 2.00. The minimum absolute atomic E-state index is 0.388. The Morgan fingerprint density at radius 1 is 1.70 bits per heavy atom.